The first kappa shape index (κ1) is 21.5. The molecular weight excluding hydrogens is 428 g/mol. The normalized spacial score (nSPS) is 14.8. The molecule has 2 amide bonds. The van der Waals surface area contributed by atoms with E-state index in [0.717, 1.165) is 16.8 Å². The summed E-state index contributed by atoms with van der Waals surface area (Å²) in [6.07, 6.45) is 1.62. The Kier molecular flexibility index (Phi) is 6.48. The summed E-state index contributed by atoms with van der Waals surface area (Å²) in [5, 5.41) is 10.5. The van der Waals surface area contributed by atoms with Crippen molar-refractivity contribution >= 4 is 46.2 Å². The molecule has 0 aromatic heterocycles. The van der Waals surface area contributed by atoms with Crippen LogP contribution in [-0.4, -0.2) is 47.6 Å². The number of hydrazine groups is 1. The number of hydrogen-bond donors (Lipinski definition) is 2. The van der Waals surface area contributed by atoms with Crippen molar-refractivity contribution in [3.8, 4) is 23.0 Å². The fourth-order valence-electron chi connectivity index (χ4n) is 2.71. The smallest absolute Gasteiger partial charge is 0.285 e. The molecule has 1 heterocycles. The quantitative estimate of drug-likeness (QED) is 0.516. The second-order valence-electron chi connectivity index (χ2n) is 5.97. The summed E-state index contributed by atoms with van der Waals surface area (Å²) >= 11 is 6.28. The summed E-state index contributed by atoms with van der Waals surface area (Å²) in [6, 6.07) is 9.16. The van der Waals surface area contributed by atoms with Crippen LogP contribution in [0.2, 0.25) is 0 Å². The largest absolute Gasteiger partial charge is 0.508 e. The molecule has 0 spiro atoms. The highest BCUT2D eigenvalue weighted by Crippen LogP contribution is 2.40. The van der Waals surface area contributed by atoms with E-state index in [1.54, 1.807) is 18.2 Å². The molecule has 0 radical (unpaired) electrons. The molecule has 0 saturated carbocycles. The molecule has 1 aliphatic heterocycles. The maximum atomic E-state index is 12.8. The fourth-order valence-corrected chi connectivity index (χ4v) is 3.89. The number of hydrogen-bond acceptors (Lipinski definition) is 8. The number of ether oxygens (including phenoxy) is 3. The highest BCUT2D eigenvalue weighted by Gasteiger charge is 2.34. The summed E-state index contributed by atoms with van der Waals surface area (Å²) in [4.78, 5) is 25.5. The van der Waals surface area contributed by atoms with Crippen LogP contribution in [0.3, 0.4) is 0 Å². The third-order valence-corrected chi connectivity index (χ3v) is 5.40. The molecule has 1 saturated heterocycles. The lowest BCUT2D eigenvalue weighted by Gasteiger charge is -2.15. The molecule has 156 valence electrons. The van der Waals surface area contributed by atoms with Gasteiger partial charge in [-0.1, -0.05) is 17.8 Å². The first-order valence-corrected chi connectivity index (χ1v) is 9.78. The molecule has 2 N–H and O–H groups in total. The number of phenolic OH excluding ortho intramolecular Hbond substituents is 1. The zero-order chi connectivity index (χ0) is 21.8. The average molecular weight is 447 g/mol. The second-order valence-corrected chi connectivity index (χ2v) is 7.64. The van der Waals surface area contributed by atoms with Crippen molar-refractivity contribution in [1.82, 2.24) is 10.4 Å². The number of benzene rings is 2. The Labute approximate surface area is 182 Å². The third kappa shape index (κ3) is 4.34. The first-order valence-electron chi connectivity index (χ1n) is 8.56. The van der Waals surface area contributed by atoms with E-state index in [2.05, 4.69) is 5.43 Å². The molecule has 30 heavy (non-hydrogen) atoms. The molecule has 0 unspecified atom stereocenters. The zero-order valence-electron chi connectivity index (χ0n) is 16.3. The van der Waals surface area contributed by atoms with Crippen LogP contribution in [0.25, 0.3) is 6.08 Å². The Morgan fingerprint density at radius 2 is 1.80 bits per heavy atom. The number of carbonyl (C=O) groups is 2. The monoisotopic (exact) mass is 446 g/mol. The number of nitrogens with one attached hydrogen (secondary N) is 1. The fraction of sp³-hybridized carbons (Fsp3) is 0.150. The minimum atomic E-state index is -0.573. The van der Waals surface area contributed by atoms with Crippen molar-refractivity contribution in [3.63, 3.8) is 0 Å². The lowest BCUT2D eigenvalue weighted by Crippen LogP contribution is -2.44. The molecule has 0 aliphatic carbocycles. The van der Waals surface area contributed by atoms with Gasteiger partial charge in [-0.05, 0) is 54.2 Å². The van der Waals surface area contributed by atoms with Gasteiger partial charge in [0.1, 0.15) is 5.75 Å². The Bertz CT molecular complexity index is 1030. The molecule has 1 aliphatic rings. The Hall–Kier alpha value is -3.24. The Morgan fingerprint density at radius 3 is 2.37 bits per heavy atom. The van der Waals surface area contributed by atoms with Gasteiger partial charge in [0, 0.05) is 5.56 Å². The predicted molar refractivity (Wildman–Crippen MR) is 117 cm³/mol. The summed E-state index contributed by atoms with van der Waals surface area (Å²) < 4.78 is 16.1. The van der Waals surface area contributed by atoms with Crippen LogP contribution in [-0.2, 0) is 4.79 Å². The van der Waals surface area contributed by atoms with Gasteiger partial charge in [-0.2, -0.15) is 5.01 Å². The second kappa shape index (κ2) is 9.06. The van der Waals surface area contributed by atoms with E-state index < -0.39 is 11.8 Å². The minimum Gasteiger partial charge on any atom is -0.508 e. The summed E-state index contributed by atoms with van der Waals surface area (Å²) in [5.74, 6) is 0.202. The molecule has 0 atom stereocenters. The van der Waals surface area contributed by atoms with E-state index in [0.29, 0.717) is 27.7 Å². The summed E-state index contributed by atoms with van der Waals surface area (Å²) in [7, 11) is 4.50. The summed E-state index contributed by atoms with van der Waals surface area (Å²) in [6.45, 7) is 0. The van der Waals surface area contributed by atoms with E-state index in [1.807, 2.05) is 0 Å². The first-order chi connectivity index (χ1) is 14.4. The van der Waals surface area contributed by atoms with Crippen molar-refractivity contribution < 1.29 is 28.9 Å². The Morgan fingerprint density at radius 1 is 1.13 bits per heavy atom. The van der Waals surface area contributed by atoms with Crippen LogP contribution in [0.15, 0.2) is 41.3 Å². The van der Waals surface area contributed by atoms with E-state index in [1.165, 1.54) is 45.6 Å². The van der Waals surface area contributed by atoms with E-state index >= 15 is 0 Å². The van der Waals surface area contributed by atoms with Gasteiger partial charge >= 0.3 is 0 Å². The molecule has 10 heteroatoms. The van der Waals surface area contributed by atoms with Crippen LogP contribution in [0, 0.1) is 0 Å². The molecule has 2 aromatic rings. The van der Waals surface area contributed by atoms with Gasteiger partial charge in [0.15, 0.2) is 15.8 Å². The molecule has 8 nitrogen and oxygen atoms in total. The number of nitrogens with zero attached hydrogens (tertiary/aromatic N) is 1. The lowest BCUT2D eigenvalue weighted by atomic mass is 10.1. The van der Waals surface area contributed by atoms with Crippen LogP contribution < -0.4 is 19.6 Å². The van der Waals surface area contributed by atoms with Crippen molar-refractivity contribution in [1.29, 1.82) is 0 Å². The zero-order valence-corrected chi connectivity index (χ0v) is 17.9. The molecule has 2 aromatic carbocycles. The number of thioether (sulfide) groups is 1. The molecule has 3 rings (SSSR count). The SMILES string of the molecule is COc1cc(C=C2SC(=S)N(NC(=O)c3cccc(O)c3)C2=O)cc(OC)c1OC. The number of aromatic hydroxyl groups is 1. The van der Waals surface area contributed by atoms with Crippen molar-refractivity contribution in [3.05, 3.63) is 52.4 Å². The number of carbonyl (C=O) groups excluding carboxylic acids is 2. The number of methoxy groups -OCH3 is 3. The van der Waals surface area contributed by atoms with Gasteiger partial charge in [-0.25, -0.2) is 0 Å². The van der Waals surface area contributed by atoms with Crippen LogP contribution in [0.4, 0.5) is 0 Å². The van der Waals surface area contributed by atoms with Gasteiger partial charge in [-0.3, -0.25) is 15.0 Å². The lowest BCUT2D eigenvalue weighted by molar-refractivity contribution is -0.123. The average Bonchev–Trinajstić information content (AvgIpc) is 3.00. The summed E-state index contributed by atoms with van der Waals surface area (Å²) in [5.41, 5.74) is 3.28. The van der Waals surface area contributed by atoms with Crippen LogP contribution in [0.5, 0.6) is 23.0 Å². The van der Waals surface area contributed by atoms with E-state index in [-0.39, 0.29) is 15.6 Å². The maximum Gasteiger partial charge on any atom is 0.285 e. The Balaban J connectivity index is 1.85. The number of rotatable bonds is 6. The predicted octanol–water partition coefficient (Wildman–Crippen LogP) is 2.96. The number of phenols is 1. The van der Waals surface area contributed by atoms with Crippen molar-refractivity contribution in [2.24, 2.45) is 0 Å². The topological polar surface area (TPSA) is 97.3 Å². The van der Waals surface area contributed by atoms with Gasteiger partial charge in [0.25, 0.3) is 11.8 Å². The highest BCUT2D eigenvalue weighted by molar-refractivity contribution is 8.26. The van der Waals surface area contributed by atoms with Crippen molar-refractivity contribution in [2.75, 3.05) is 21.3 Å². The molecule has 1 fully saturated rings. The minimum absolute atomic E-state index is 0.0599. The van der Waals surface area contributed by atoms with Gasteiger partial charge in [0.2, 0.25) is 5.75 Å². The maximum absolute atomic E-state index is 12.8. The van der Waals surface area contributed by atoms with E-state index in [4.69, 9.17) is 26.4 Å². The van der Waals surface area contributed by atoms with Gasteiger partial charge < -0.3 is 19.3 Å². The molecular formula is C20H18N2O6S2. The van der Waals surface area contributed by atoms with Gasteiger partial charge in [0.05, 0.1) is 26.2 Å². The number of amides is 2. The molecule has 0 bridgehead atoms. The van der Waals surface area contributed by atoms with Gasteiger partial charge in [-0.15, -0.1) is 0 Å². The van der Waals surface area contributed by atoms with Crippen molar-refractivity contribution in [2.45, 2.75) is 0 Å². The van der Waals surface area contributed by atoms with E-state index in [9.17, 15) is 14.7 Å². The highest BCUT2D eigenvalue weighted by atomic mass is 32.2. The number of thiocarbonyl (C=S) groups is 1. The standard InChI is InChI=1S/C20H18N2O6S2/c1-26-14-7-11(8-15(27-2)17(14)28-3)9-16-19(25)22(20(29)30-16)21-18(24)12-5-4-6-13(23)10-12/h4-10,23H,1-3H3,(H,21,24). The third-order valence-electron chi connectivity index (χ3n) is 4.10. The van der Waals surface area contributed by atoms with Crippen LogP contribution in [0.1, 0.15) is 15.9 Å². The van der Waals surface area contributed by atoms with Crippen LogP contribution >= 0.6 is 24.0 Å².